The molecule has 1 rings (SSSR count). The zero-order chi connectivity index (χ0) is 17.1. The van der Waals surface area contributed by atoms with Crippen LogP contribution in [-0.4, -0.2) is 27.1 Å². The first-order valence-electron chi connectivity index (χ1n) is 6.59. The van der Waals surface area contributed by atoms with Crippen molar-refractivity contribution < 1.29 is 22.5 Å². The summed E-state index contributed by atoms with van der Waals surface area (Å²) in [5, 5.41) is 9.18. The second-order valence-electron chi connectivity index (χ2n) is 5.85. The van der Waals surface area contributed by atoms with Crippen LogP contribution in [0.15, 0.2) is 22.7 Å². The van der Waals surface area contributed by atoms with Gasteiger partial charge in [0, 0.05) is 16.6 Å². The Morgan fingerprint density at radius 2 is 1.95 bits per heavy atom. The van der Waals surface area contributed by atoms with Crippen LogP contribution in [0.25, 0.3) is 0 Å². The topological polar surface area (TPSA) is 49.3 Å². The molecule has 0 bridgehead atoms. The van der Waals surface area contributed by atoms with E-state index in [4.69, 9.17) is 0 Å². The molecule has 2 atom stereocenters. The van der Waals surface area contributed by atoms with E-state index in [2.05, 4.69) is 20.7 Å². The lowest BCUT2D eigenvalue weighted by Gasteiger charge is -2.36. The third-order valence-electron chi connectivity index (χ3n) is 3.12. The van der Waals surface area contributed by atoms with Crippen molar-refractivity contribution in [2.75, 3.05) is 6.61 Å². The van der Waals surface area contributed by atoms with Crippen molar-refractivity contribution in [2.24, 2.45) is 0 Å². The largest absolute Gasteiger partial charge is 0.396 e. The van der Waals surface area contributed by atoms with E-state index in [-0.39, 0.29) is 5.56 Å². The van der Waals surface area contributed by atoms with Gasteiger partial charge >= 0.3 is 0 Å². The molecule has 0 aromatic heterocycles. The Labute approximate surface area is 139 Å². The molecule has 0 amide bonds. The number of alkyl halides is 2. The summed E-state index contributed by atoms with van der Waals surface area (Å²) in [5.41, 5.74) is -2.57. The molecule has 0 radical (unpaired) electrons. The summed E-state index contributed by atoms with van der Waals surface area (Å²) in [7, 11) is -1.87. The summed E-state index contributed by atoms with van der Waals surface area (Å²) in [4.78, 5) is 0. The lowest BCUT2D eigenvalue weighted by Crippen LogP contribution is -2.53. The average Bonchev–Trinajstić information content (AvgIpc) is 2.39. The maximum Gasteiger partial charge on any atom is 0.261 e. The molecule has 0 aliphatic carbocycles. The van der Waals surface area contributed by atoms with Crippen molar-refractivity contribution >= 4 is 26.9 Å². The normalized spacial score (nSPS) is 16.6. The summed E-state index contributed by atoms with van der Waals surface area (Å²) >= 11 is 3.12. The molecule has 0 saturated heterocycles. The van der Waals surface area contributed by atoms with Gasteiger partial charge in [0.2, 0.25) is 0 Å². The number of rotatable bonds is 6. The summed E-state index contributed by atoms with van der Waals surface area (Å²) in [5.74, 6) is -0.852. The number of aliphatic hydroxyl groups is 1. The first-order valence-corrected chi connectivity index (χ1v) is 8.53. The zero-order valence-corrected chi connectivity index (χ0v) is 14.9. The van der Waals surface area contributed by atoms with Gasteiger partial charge in [0.1, 0.15) is 11.4 Å². The molecule has 0 heterocycles. The Morgan fingerprint density at radius 3 is 2.41 bits per heavy atom. The molecule has 2 N–H and O–H groups in total. The molecule has 0 saturated carbocycles. The van der Waals surface area contributed by atoms with Crippen molar-refractivity contribution in [2.45, 2.75) is 43.9 Å². The molecule has 1 unspecified atom stereocenters. The number of aliphatic hydroxyl groups excluding tert-OH is 1. The van der Waals surface area contributed by atoms with E-state index in [1.165, 1.54) is 12.1 Å². The fraction of sp³-hybridized carbons (Fsp3) is 0.571. The van der Waals surface area contributed by atoms with E-state index in [1.807, 2.05) is 0 Å². The summed E-state index contributed by atoms with van der Waals surface area (Å²) in [6, 6.07) is 3.65. The van der Waals surface area contributed by atoms with Crippen LogP contribution in [0.2, 0.25) is 0 Å². The molecule has 0 aliphatic heterocycles. The number of halogens is 4. The molecular formula is C14H19BrF3NO2S. The number of hydrogen-bond acceptors (Lipinski definition) is 2. The van der Waals surface area contributed by atoms with Gasteiger partial charge in [0.25, 0.3) is 6.43 Å². The third-order valence-corrected chi connectivity index (χ3v) is 5.27. The lowest BCUT2D eigenvalue weighted by molar-refractivity contribution is 0.0239. The van der Waals surface area contributed by atoms with Gasteiger partial charge in [-0.2, -0.15) is 0 Å². The molecule has 3 nitrogen and oxygen atoms in total. The van der Waals surface area contributed by atoms with Crippen LogP contribution in [-0.2, 0) is 16.5 Å². The Kier molecular flexibility index (Phi) is 6.61. The highest BCUT2D eigenvalue weighted by Crippen LogP contribution is 2.36. The van der Waals surface area contributed by atoms with Gasteiger partial charge in [-0.25, -0.2) is 22.1 Å². The number of hydrogen-bond donors (Lipinski definition) is 2. The smallest absolute Gasteiger partial charge is 0.261 e. The third kappa shape index (κ3) is 4.31. The van der Waals surface area contributed by atoms with Gasteiger partial charge in [-0.3, -0.25) is 0 Å². The highest BCUT2D eigenvalue weighted by atomic mass is 79.9. The van der Waals surface area contributed by atoms with Gasteiger partial charge in [-0.05, 0) is 45.4 Å². The quantitative estimate of drug-likeness (QED) is 0.766. The second-order valence-corrected chi connectivity index (χ2v) is 8.73. The molecule has 1 aromatic carbocycles. The first kappa shape index (κ1) is 19.6. The molecule has 0 fully saturated rings. The van der Waals surface area contributed by atoms with Crippen molar-refractivity contribution in [1.82, 2.24) is 4.72 Å². The highest BCUT2D eigenvalue weighted by molar-refractivity contribution is 9.10. The Hall–Kier alpha value is -0.440. The predicted molar refractivity (Wildman–Crippen MR) is 84.5 cm³/mol. The van der Waals surface area contributed by atoms with Crippen LogP contribution in [0.1, 0.15) is 32.8 Å². The van der Waals surface area contributed by atoms with Crippen LogP contribution in [0.3, 0.4) is 0 Å². The van der Waals surface area contributed by atoms with Gasteiger partial charge < -0.3 is 5.11 Å². The molecule has 22 heavy (non-hydrogen) atoms. The summed E-state index contributed by atoms with van der Waals surface area (Å²) in [6.45, 7) is 4.23. The Bertz CT molecular complexity index is 551. The zero-order valence-electron chi connectivity index (χ0n) is 12.5. The van der Waals surface area contributed by atoms with Gasteiger partial charge in [-0.1, -0.05) is 15.9 Å². The van der Waals surface area contributed by atoms with Gasteiger partial charge in [-0.15, -0.1) is 0 Å². The maximum atomic E-state index is 14.1. The molecule has 1 aromatic rings. The number of benzene rings is 1. The fourth-order valence-electron chi connectivity index (χ4n) is 1.85. The van der Waals surface area contributed by atoms with Crippen LogP contribution >= 0.6 is 15.9 Å². The molecule has 0 aliphatic rings. The average molecular weight is 402 g/mol. The molecule has 0 spiro atoms. The van der Waals surface area contributed by atoms with Crippen LogP contribution in [0.4, 0.5) is 13.2 Å². The maximum absolute atomic E-state index is 14.1. The minimum atomic E-state index is -3.06. The van der Waals surface area contributed by atoms with Crippen molar-refractivity contribution in [3.8, 4) is 0 Å². The van der Waals surface area contributed by atoms with E-state index >= 15 is 0 Å². The fourth-order valence-corrected chi connectivity index (χ4v) is 3.15. The SMILES string of the molecule is CC(C)(C)[S@](=O)NC(CCO)(c1cc(Br)ccc1F)C(F)F. The molecular weight excluding hydrogens is 383 g/mol. The summed E-state index contributed by atoms with van der Waals surface area (Å²) in [6.07, 6.45) is -3.53. The second kappa shape index (κ2) is 7.42. The van der Waals surface area contributed by atoms with E-state index in [0.717, 1.165) is 6.07 Å². The molecule has 126 valence electrons. The van der Waals surface area contributed by atoms with Crippen molar-refractivity contribution in [1.29, 1.82) is 0 Å². The first-order chi connectivity index (χ1) is 10.0. The number of nitrogens with one attached hydrogen (secondary N) is 1. The predicted octanol–water partition coefficient (Wildman–Crippen LogP) is 3.48. The van der Waals surface area contributed by atoms with E-state index in [0.29, 0.717) is 4.47 Å². The van der Waals surface area contributed by atoms with Crippen LogP contribution in [0, 0.1) is 5.82 Å². The minimum absolute atomic E-state index is 0.330. The van der Waals surface area contributed by atoms with Crippen LogP contribution in [0.5, 0.6) is 0 Å². The van der Waals surface area contributed by atoms with Crippen molar-refractivity contribution in [3.63, 3.8) is 0 Å². The van der Waals surface area contributed by atoms with E-state index in [1.54, 1.807) is 20.8 Å². The van der Waals surface area contributed by atoms with Crippen molar-refractivity contribution in [3.05, 3.63) is 34.1 Å². The van der Waals surface area contributed by atoms with Gasteiger partial charge in [0.05, 0.1) is 15.7 Å². The summed E-state index contributed by atoms with van der Waals surface area (Å²) < 4.78 is 55.9. The highest BCUT2D eigenvalue weighted by Gasteiger charge is 2.46. The minimum Gasteiger partial charge on any atom is -0.396 e. The molecule has 8 heteroatoms. The Balaban J connectivity index is 3.45. The van der Waals surface area contributed by atoms with E-state index < -0.39 is 46.5 Å². The standard InChI is InChI=1S/C14H19BrF3NO2S/c1-13(2,3)22(21)19-14(6-7-20,12(17)18)10-8-9(15)4-5-11(10)16/h4-5,8,12,19-20H,6-7H2,1-3H3/t14?,22-/m0/s1. The van der Waals surface area contributed by atoms with E-state index in [9.17, 15) is 22.5 Å². The van der Waals surface area contributed by atoms with Crippen LogP contribution < -0.4 is 4.72 Å². The lowest BCUT2D eigenvalue weighted by atomic mass is 9.88. The van der Waals surface area contributed by atoms with Gasteiger partial charge in [0.15, 0.2) is 0 Å². The Morgan fingerprint density at radius 1 is 1.36 bits per heavy atom. The monoisotopic (exact) mass is 401 g/mol.